The summed E-state index contributed by atoms with van der Waals surface area (Å²) < 4.78 is 27.1. The number of carboxylic acid groups (broad SMARTS) is 1. The van der Waals surface area contributed by atoms with Gasteiger partial charge in [-0.1, -0.05) is 0 Å². The topological polar surface area (TPSA) is 96.4 Å². The zero-order chi connectivity index (χ0) is 14.9. The molecule has 2 aromatic heterocycles. The van der Waals surface area contributed by atoms with Crippen LogP contribution in [-0.2, 0) is 10.0 Å². The van der Waals surface area contributed by atoms with Crippen molar-refractivity contribution in [3.63, 3.8) is 0 Å². The number of carboxylic acids is 1. The summed E-state index contributed by atoms with van der Waals surface area (Å²) in [6.07, 6.45) is 2.68. The van der Waals surface area contributed by atoms with E-state index in [0.29, 0.717) is 10.0 Å². The Kier molecular flexibility index (Phi) is 4.11. The normalized spacial score (nSPS) is 11.3. The summed E-state index contributed by atoms with van der Waals surface area (Å²) in [5.41, 5.74) is 0.507. The third-order valence-corrected chi connectivity index (χ3v) is 5.37. The van der Waals surface area contributed by atoms with E-state index in [4.69, 9.17) is 5.11 Å². The number of hydrogen-bond acceptors (Lipinski definition) is 5. The molecule has 2 aromatic rings. The van der Waals surface area contributed by atoms with Gasteiger partial charge in [-0.2, -0.15) is 0 Å². The first-order valence-electron chi connectivity index (χ1n) is 5.26. The van der Waals surface area contributed by atoms with Crippen molar-refractivity contribution in [2.24, 2.45) is 0 Å². The predicted octanol–water partition coefficient (Wildman–Crippen LogP) is 2.71. The SMILES string of the molecule is Cc1cc(NS(=O)(=O)c2cncc(Br)c2)sc1C(=O)O. The summed E-state index contributed by atoms with van der Waals surface area (Å²) in [6, 6.07) is 2.89. The Bertz CT molecular complexity index is 770. The predicted molar refractivity (Wildman–Crippen MR) is 78.8 cm³/mol. The fourth-order valence-electron chi connectivity index (χ4n) is 1.48. The first kappa shape index (κ1) is 14.9. The van der Waals surface area contributed by atoms with Crippen molar-refractivity contribution in [1.29, 1.82) is 0 Å². The molecular weight excluding hydrogens is 368 g/mol. The Balaban J connectivity index is 2.34. The molecule has 106 valence electrons. The van der Waals surface area contributed by atoms with Gasteiger partial charge in [-0.25, -0.2) is 13.2 Å². The van der Waals surface area contributed by atoms with Crippen molar-refractivity contribution in [2.75, 3.05) is 4.72 Å². The lowest BCUT2D eigenvalue weighted by Gasteiger charge is -2.05. The third-order valence-electron chi connectivity index (χ3n) is 2.34. The maximum absolute atomic E-state index is 12.1. The number of aromatic nitrogens is 1. The number of halogens is 1. The molecule has 9 heteroatoms. The molecule has 0 aliphatic carbocycles. The summed E-state index contributed by atoms with van der Waals surface area (Å²) >= 11 is 4.02. The average molecular weight is 377 g/mol. The molecule has 0 radical (unpaired) electrons. The van der Waals surface area contributed by atoms with Gasteiger partial charge in [0.05, 0.1) is 0 Å². The van der Waals surface area contributed by atoms with E-state index in [-0.39, 0.29) is 14.8 Å². The van der Waals surface area contributed by atoms with Crippen LogP contribution in [0.2, 0.25) is 0 Å². The number of carbonyl (C=O) groups is 1. The summed E-state index contributed by atoms with van der Waals surface area (Å²) in [6.45, 7) is 1.61. The van der Waals surface area contributed by atoms with Gasteiger partial charge in [0.25, 0.3) is 10.0 Å². The van der Waals surface area contributed by atoms with E-state index >= 15 is 0 Å². The largest absolute Gasteiger partial charge is 0.477 e. The number of hydrogen-bond donors (Lipinski definition) is 2. The maximum atomic E-state index is 12.1. The minimum atomic E-state index is -3.79. The number of rotatable bonds is 4. The van der Waals surface area contributed by atoms with Gasteiger partial charge in [-0.15, -0.1) is 11.3 Å². The van der Waals surface area contributed by atoms with Crippen LogP contribution >= 0.6 is 27.3 Å². The van der Waals surface area contributed by atoms with E-state index in [1.165, 1.54) is 24.5 Å². The van der Waals surface area contributed by atoms with Gasteiger partial charge in [0, 0.05) is 16.9 Å². The number of pyridine rings is 1. The third kappa shape index (κ3) is 3.17. The standard InChI is InChI=1S/C11H9BrN2O4S2/c1-6-2-9(19-10(6)11(15)16)14-20(17,18)8-3-7(12)4-13-5-8/h2-5,14H,1H3,(H,15,16). The zero-order valence-corrected chi connectivity index (χ0v) is 13.3. The second-order valence-electron chi connectivity index (χ2n) is 3.87. The summed E-state index contributed by atoms with van der Waals surface area (Å²) in [5.74, 6) is -1.08. The fraction of sp³-hybridized carbons (Fsp3) is 0.0909. The van der Waals surface area contributed by atoms with Gasteiger partial charge in [0.15, 0.2) is 0 Å². The van der Waals surface area contributed by atoms with Crippen molar-refractivity contribution >= 4 is 48.3 Å². The lowest BCUT2D eigenvalue weighted by atomic mass is 10.3. The average Bonchev–Trinajstić information content (AvgIpc) is 2.69. The van der Waals surface area contributed by atoms with Crippen LogP contribution in [0.3, 0.4) is 0 Å². The lowest BCUT2D eigenvalue weighted by Crippen LogP contribution is -2.12. The number of sulfonamides is 1. The zero-order valence-electron chi connectivity index (χ0n) is 10.1. The number of anilines is 1. The van der Waals surface area contributed by atoms with E-state index in [2.05, 4.69) is 25.6 Å². The van der Waals surface area contributed by atoms with Gasteiger partial charge in [-0.05, 0) is 40.5 Å². The molecule has 0 saturated carbocycles. The first-order valence-corrected chi connectivity index (χ1v) is 8.36. The summed E-state index contributed by atoms with van der Waals surface area (Å²) in [7, 11) is -3.79. The molecule has 0 saturated heterocycles. The van der Waals surface area contributed by atoms with E-state index in [9.17, 15) is 13.2 Å². The lowest BCUT2D eigenvalue weighted by molar-refractivity contribution is 0.0701. The molecule has 6 nitrogen and oxygen atoms in total. The Morgan fingerprint density at radius 3 is 2.65 bits per heavy atom. The highest BCUT2D eigenvalue weighted by molar-refractivity contribution is 9.10. The number of aryl methyl sites for hydroxylation is 1. The number of nitrogens with one attached hydrogen (secondary N) is 1. The van der Waals surface area contributed by atoms with E-state index in [1.807, 2.05) is 0 Å². The fourth-order valence-corrected chi connectivity index (χ4v) is 4.17. The number of aromatic carboxylic acids is 1. The molecular formula is C11H9BrN2O4S2. The minimum Gasteiger partial charge on any atom is -0.477 e. The van der Waals surface area contributed by atoms with Gasteiger partial charge in [-0.3, -0.25) is 9.71 Å². The maximum Gasteiger partial charge on any atom is 0.346 e. The van der Waals surface area contributed by atoms with Crippen molar-refractivity contribution in [2.45, 2.75) is 11.8 Å². The molecule has 20 heavy (non-hydrogen) atoms. The molecule has 2 N–H and O–H groups in total. The quantitative estimate of drug-likeness (QED) is 0.854. The van der Waals surface area contributed by atoms with Crippen molar-refractivity contribution < 1.29 is 18.3 Å². The van der Waals surface area contributed by atoms with Crippen LogP contribution in [-0.4, -0.2) is 24.5 Å². The van der Waals surface area contributed by atoms with Crippen LogP contribution in [0.25, 0.3) is 0 Å². The first-order chi connectivity index (χ1) is 9.29. The van der Waals surface area contributed by atoms with E-state index in [0.717, 1.165) is 11.3 Å². The van der Waals surface area contributed by atoms with Crippen LogP contribution in [0.1, 0.15) is 15.2 Å². The molecule has 0 unspecified atom stereocenters. The van der Waals surface area contributed by atoms with E-state index in [1.54, 1.807) is 6.92 Å². The molecule has 0 atom stereocenters. The summed E-state index contributed by atoms with van der Waals surface area (Å²) in [5, 5.41) is 9.20. The Hall–Kier alpha value is -1.45. The van der Waals surface area contributed by atoms with Crippen LogP contribution in [0.5, 0.6) is 0 Å². The van der Waals surface area contributed by atoms with Gasteiger partial charge < -0.3 is 5.11 Å². The van der Waals surface area contributed by atoms with Crippen LogP contribution in [0.15, 0.2) is 33.9 Å². The second kappa shape index (κ2) is 5.51. The van der Waals surface area contributed by atoms with Crippen LogP contribution in [0.4, 0.5) is 5.00 Å². The molecule has 2 rings (SSSR count). The molecule has 0 aliphatic rings. The molecule has 0 amide bonds. The molecule has 0 fully saturated rings. The molecule has 2 heterocycles. The minimum absolute atomic E-state index is 0.00481. The Morgan fingerprint density at radius 2 is 2.10 bits per heavy atom. The summed E-state index contributed by atoms with van der Waals surface area (Å²) in [4.78, 5) is 14.8. The molecule has 0 aromatic carbocycles. The second-order valence-corrected chi connectivity index (χ2v) is 7.52. The molecule has 0 bridgehead atoms. The highest BCUT2D eigenvalue weighted by Gasteiger charge is 2.19. The van der Waals surface area contributed by atoms with Crippen molar-refractivity contribution in [3.8, 4) is 0 Å². The van der Waals surface area contributed by atoms with Gasteiger partial charge in [0.2, 0.25) is 0 Å². The highest BCUT2D eigenvalue weighted by atomic mass is 79.9. The smallest absolute Gasteiger partial charge is 0.346 e. The van der Waals surface area contributed by atoms with Crippen molar-refractivity contribution in [1.82, 2.24) is 4.98 Å². The van der Waals surface area contributed by atoms with E-state index < -0.39 is 16.0 Å². The van der Waals surface area contributed by atoms with Crippen LogP contribution in [0, 0.1) is 6.92 Å². The number of nitrogens with zero attached hydrogens (tertiary/aromatic N) is 1. The molecule has 0 aliphatic heterocycles. The monoisotopic (exact) mass is 376 g/mol. The van der Waals surface area contributed by atoms with Gasteiger partial charge in [0.1, 0.15) is 14.8 Å². The van der Waals surface area contributed by atoms with Gasteiger partial charge >= 0.3 is 5.97 Å². The Morgan fingerprint density at radius 1 is 1.40 bits per heavy atom. The van der Waals surface area contributed by atoms with Crippen LogP contribution < -0.4 is 4.72 Å². The number of thiophene rings is 1. The van der Waals surface area contributed by atoms with Crippen molar-refractivity contribution in [3.05, 3.63) is 39.4 Å². The highest BCUT2D eigenvalue weighted by Crippen LogP contribution is 2.28. The molecule has 0 spiro atoms. The Labute approximate surface area is 127 Å².